The molecule has 1 aliphatic heterocycles. The molecular weight excluding hydrogens is 370 g/mol. The Labute approximate surface area is 150 Å². The summed E-state index contributed by atoms with van der Waals surface area (Å²) in [5.74, 6) is -0.0540. The van der Waals surface area contributed by atoms with E-state index in [0.29, 0.717) is 25.5 Å². The second kappa shape index (κ2) is 7.85. The van der Waals surface area contributed by atoms with Crippen molar-refractivity contribution >= 4 is 27.5 Å². The van der Waals surface area contributed by atoms with E-state index < -0.39 is 0 Å². The number of morpholine rings is 1. The Balaban J connectivity index is 2.00. The summed E-state index contributed by atoms with van der Waals surface area (Å²) in [7, 11) is 0. The summed E-state index contributed by atoms with van der Waals surface area (Å²) in [6, 6.07) is 8.15. The smallest absolute Gasteiger partial charge is 0.269 e. The number of nitrogens with one attached hydrogen (secondary N) is 2. The number of hydrogen-bond acceptors (Lipinski definition) is 3. The summed E-state index contributed by atoms with van der Waals surface area (Å²) in [4.78, 5) is 18.0. The minimum atomic E-state index is -0.0540. The lowest BCUT2D eigenvalue weighted by Gasteiger charge is -2.30. The van der Waals surface area contributed by atoms with Crippen LogP contribution >= 0.6 is 15.9 Å². The molecule has 0 atom stereocenters. The Kier molecular flexibility index (Phi) is 5.58. The zero-order valence-electron chi connectivity index (χ0n) is 13.8. The molecule has 1 amide bonds. The van der Waals surface area contributed by atoms with Crippen LogP contribution in [0.25, 0.3) is 11.1 Å². The molecule has 1 aromatic carbocycles. The normalized spacial score (nSPS) is 14.7. The monoisotopic (exact) mass is 391 g/mol. The van der Waals surface area contributed by atoms with Gasteiger partial charge < -0.3 is 19.9 Å². The van der Waals surface area contributed by atoms with Gasteiger partial charge in [0.1, 0.15) is 5.69 Å². The van der Waals surface area contributed by atoms with E-state index in [2.05, 4.69) is 43.3 Å². The Morgan fingerprint density at radius 1 is 1.29 bits per heavy atom. The summed E-state index contributed by atoms with van der Waals surface area (Å²) in [5, 5.41) is 2.97. The van der Waals surface area contributed by atoms with Crippen molar-refractivity contribution in [1.29, 1.82) is 0 Å². The van der Waals surface area contributed by atoms with Crippen molar-refractivity contribution in [1.82, 2.24) is 10.3 Å². The minimum absolute atomic E-state index is 0.0540. The fourth-order valence-electron chi connectivity index (χ4n) is 2.88. The molecule has 0 spiro atoms. The van der Waals surface area contributed by atoms with Crippen molar-refractivity contribution in [2.75, 3.05) is 37.7 Å². The number of carbonyl (C=O) groups excluding carboxylic acids is 1. The first kappa shape index (κ1) is 17.0. The third-order valence-electron chi connectivity index (χ3n) is 4.10. The lowest BCUT2D eigenvalue weighted by Crippen LogP contribution is -2.38. The van der Waals surface area contributed by atoms with E-state index in [1.165, 1.54) is 0 Å². The first-order chi connectivity index (χ1) is 11.7. The molecule has 6 heteroatoms. The van der Waals surface area contributed by atoms with E-state index in [1.807, 2.05) is 25.3 Å². The molecule has 2 aromatic rings. The second-order valence-corrected chi connectivity index (χ2v) is 6.70. The maximum Gasteiger partial charge on any atom is 0.269 e. The van der Waals surface area contributed by atoms with Gasteiger partial charge in [-0.05, 0) is 24.1 Å². The number of nitrogens with zero attached hydrogens (tertiary/aromatic N) is 1. The quantitative estimate of drug-likeness (QED) is 0.820. The zero-order chi connectivity index (χ0) is 16.9. The van der Waals surface area contributed by atoms with Crippen LogP contribution in [0, 0.1) is 0 Å². The van der Waals surface area contributed by atoms with Crippen LogP contribution in [0.1, 0.15) is 23.8 Å². The summed E-state index contributed by atoms with van der Waals surface area (Å²) < 4.78 is 6.50. The third-order valence-corrected chi connectivity index (χ3v) is 4.63. The number of aromatic amines is 1. The SMILES string of the molecule is CCCNC(=O)c1[nH]cc(-c2ccc(Br)cc2)c1N1CCOCC1. The highest BCUT2D eigenvalue weighted by Gasteiger charge is 2.24. The van der Waals surface area contributed by atoms with E-state index in [4.69, 9.17) is 4.74 Å². The highest BCUT2D eigenvalue weighted by molar-refractivity contribution is 9.10. The van der Waals surface area contributed by atoms with Crippen LogP contribution in [0.4, 0.5) is 5.69 Å². The molecule has 2 heterocycles. The number of rotatable bonds is 5. The van der Waals surface area contributed by atoms with Gasteiger partial charge in [0.15, 0.2) is 0 Å². The molecule has 0 aliphatic carbocycles. The van der Waals surface area contributed by atoms with Gasteiger partial charge in [0.05, 0.1) is 18.9 Å². The highest BCUT2D eigenvalue weighted by atomic mass is 79.9. The number of ether oxygens (including phenoxy) is 1. The van der Waals surface area contributed by atoms with Crippen molar-refractivity contribution < 1.29 is 9.53 Å². The van der Waals surface area contributed by atoms with Gasteiger partial charge in [-0.25, -0.2) is 0 Å². The largest absolute Gasteiger partial charge is 0.378 e. The summed E-state index contributed by atoms with van der Waals surface area (Å²) in [6.45, 7) is 5.66. The van der Waals surface area contributed by atoms with Crippen molar-refractivity contribution in [2.24, 2.45) is 0 Å². The van der Waals surface area contributed by atoms with E-state index in [1.54, 1.807) is 0 Å². The average Bonchev–Trinajstić information content (AvgIpc) is 3.06. The standard InChI is InChI=1S/C18H22BrN3O2/c1-2-7-20-18(23)16-17(22-8-10-24-11-9-22)15(12-21-16)13-3-5-14(19)6-4-13/h3-6,12,21H,2,7-11H2,1H3,(H,20,23). The zero-order valence-corrected chi connectivity index (χ0v) is 15.4. The lowest BCUT2D eigenvalue weighted by atomic mass is 10.1. The summed E-state index contributed by atoms with van der Waals surface area (Å²) >= 11 is 3.47. The van der Waals surface area contributed by atoms with Gasteiger partial charge >= 0.3 is 0 Å². The van der Waals surface area contributed by atoms with Gasteiger partial charge in [0.25, 0.3) is 5.91 Å². The Bertz CT molecular complexity index is 691. The summed E-state index contributed by atoms with van der Waals surface area (Å²) in [5.41, 5.74) is 3.73. The number of amides is 1. The number of halogens is 1. The number of hydrogen-bond donors (Lipinski definition) is 2. The van der Waals surface area contributed by atoms with Crippen LogP contribution in [-0.4, -0.2) is 43.7 Å². The van der Waals surface area contributed by atoms with Crippen LogP contribution in [0.3, 0.4) is 0 Å². The predicted octanol–water partition coefficient (Wildman–Crippen LogP) is 3.42. The van der Waals surface area contributed by atoms with Crippen LogP contribution in [-0.2, 0) is 4.74 Å². The van der Waals surface area contributed by atoms with Gasteiger partial charge in [-0.1, -0.05) is 35.0 Å². The number of H-pyrrole nitrogens is 1. The molecule has 0 unspecified atom stereocenters. The van der Waals surface area contributed by atoms with Gasteiger partial charge in [0, 0.05) is 35.9 Å². The van der Waals surface area contributed by atoms with E-state index in [-0.39, 0.29) is 5.91 Å². The molecule has 3 rings (SSSR count). The number of carbonyl (C=O) groups is 1. The fourth-order valence-corrected chi connectivity index (χ4v) is 3.14. The second-order valence-electron chi connectivity index (χ2n) is 5.79. The van der Waals surface area contributed by atoms with Crippen molar-refractivity contribution in [3.05, 3.63) is 40.6 Å². The van der Waals surface area contributed by atoms with E-state index in [0.717, 1.165) is 40.8 Å². The minimum Gasteiger partial charge on any atom is -0.378 e. The topological polar surface area (TPSA) is 57.4 Å². The van der Waals surface area contributed by atoms with Crippen LogP contribution in [0.15, 0.2) is 34.9 Å². The molecule has 0 bridgehead atoms. The van der Waals surface area contributed by atoms with Crippen LogP contribution in [0.5, 0.6) is 0 Å². The molecule has 0 saturated carbocycles. The number of benzene rings is 1. The fraction of sp³-hybridized carbons (Fsp3) is 0.389. The van der Waals surface area contributed by atoms with Gasteiger partial charge in [-0.15, -0.1) is 0 Å². The van der Waals surface area contributed by atoms with Gasteiger partial charge in [-0.2, -0.15) is 0 Å². The molecule has 1 fully saturated rings. The predicted molar refractivity (Wildman–Crippen MR) is 99.6 cm³/mol. The summed E-state index contributed by atoms with van der Waals surface area (Å²) in [6.07, 6.45) is 2.84. The first-order valence-corrected chi connectivity index (χ1v) is 9.08. The van der Waals surface area contributed by atoms with Gasteiger partial charge in [-0.3, -0.25) is 4.79 Å². The van der Waals surface area contributed by atoms with Crippen molar-refractivity contribution in [3.8, 4) is 11.1 Å². The van der Waals surface area contributed by atoms with Crippen LogP contribution in [0.2, 0.25) is 0 Å². The molecular formula is C18H22BrN3O2. The lowest BCUT2D eigenvalue weighted by molar-refractivity contribution is 0.0948. The third kappa shape index (κ3) is 3.65. The molecule has 24 heavy (non-hydrogen) atoms. The Hall–Kier alpha value is -1.79. The van der Waals surface area contributed by atoms with Crippen molar-refractivity contribution in [2.45, 2.75) is 13.3 Å². The highest BCUT2D eigenvalue weighted by Crippen LogP contribution is 2.35. The number of aromatic nitrogens is 1. The van der Waals surface area contributed by atoms with E-state index >= 15 is 0 Å². The Morgan fingerprint density at radius 3 is 2.67 bits per heavy atom. The molecule has 5 nitrogen and oxygen atoms in total. The average molecular weight is 392 g/mol. The molecule has 1 saturated heterocycles. The Morgan fingerprint density at radius 2 is 2.00 bits per heavy atom. The molecule has 1 aliphatic rings. The van der Waals surface area contributed by atoms with E-state index in [9.17, 15) is 4.79 Å². The van der Waals surface area contributed by atoms with Crippen LogP contribution < -0.4 is 10.2 Å². The maximum atomic E-state index is 12.6. The molecule has 2 N–H and O–H groups in total. The maximum absolute atomic E-state index is 12.6. The molecule has 0 radical (unpaired) electrons. The molecule has 1 aromatic heterocycles. The molecule has 128 valence electrons. The first-order valence-electron chi connectivity index (χ1n) is 8.29. The van der Waals surface area contributed by atoms with Gasteiger partial charge in [0.2, 0.25) is 0 Å². The number of anilines is 1. The van der Waals surface area contributed by atoms with Crippen molar-refractivity contribution in [3.63, 3.8) is 0 Å².